The zero-order valence-electron chi connectivity index (χ0n) is 8.95. The third-order valence-electron chi connectivity index (χ3n) is 3.29. The van der Waals surface area contributed by atoms with Crippen LogP contribution in [-0.2, 0) is 0 Å². The highest BCUT2D eigenvalue weighted by Gasteiger charge is 2.25. The molecule has 5 heteroatoms. The summed E-state index contributed by atoms with van der Waals surface area (Å²) in [6.07, 6.45) is 8.85. The Kier molecular flexibility index (Phi) is 2.32. The highest BCUT2D eigenvalue weighted by Crippen LogP contribution is 2.30. The van der Waals surface area contributed by atoms with Gasteiger partial charge in [-0.3, -0.25) is 0 Å². The van der Waals surface area contributed by atoms with Crippen LogP contribution < -0.4 is 0 Å². The topological polar surface area (TPSA) is 63.8 Å². The molecule has 2 aromatic heterocycles. The van der Waals surface area contributed by atoms with Crippen LogP contribution in [0.4, 0.5) is 0 Å². The van der Waals surface area contributed by atoms with E-state index in [9.17, 15) is 5.11 Å². The lowest BCUT2D eigenvalue weighted by Crippen LogP contribution is -2.27. The van der Waals surface area contributed by atoms with E-state index in [1.807, 2.05) is 4.57 Å². The maximum absolute atomic E-state index is 10.0. The van der Waals surface area contributed by atoms with Gasteiger partial charge in [0.25, 0.3) is 0 Å². The Balaban J connectivity index is 2.04. The summed E-state index contributed by atoms with van der Waals surface area (Å²) in [5.74, 6) is 0. The molecular formula is C11H14N4O. The largest absolute Gasteiger partial charge is 0.391 e. The maximum Gasteiger partial charge on any atom is 0.163 e. The Bertz CT molecular complexity index is 495. The van der Waals surface area contributed by atoms with Gasteiger partial charge in [-0.25, -0.2) is 15.0 Å². The van der Waals surface area contributed by atoms with Gasteiger partial charge >= 0.3 is 0 Å². The van der Waals surface area contributed by atoms with Gasteiger partial charge in [0.2, 0.25) is 0 Å². The molecule has 1 aliphatic rings. The summed E-state index contributed by atoms with van der Waals surface area (Å²) in [5.41, 5.74) is 1.61. The molecule has 1 aliphatic carbocycles. The first-order valence-electron chi connectivity index (χ1n) is 5.67. The number of hydrogen-bond donors (Lipinski definition) is 1. The van der Waals surface area contributed by atoms with Gasteiger partial charge in [-0.15, -0.1) is 0 Å². The van der Waals surface area contributed by atoms with Crippen molar-refractivity contribution in [3.05, 3.63) is 18.9 Å². The van der Waals surface area contributed by atoms with Gasteiger partial charge in [0.1, 0.15) is 11.8 Å². The van der Waals surface area contributed by atoms with E-state index in [4.69, 9.17) is 0 Å². The quantitative estimate of drug-likeness (QED) is 0.783. The van der Waals surface area contributed by atoms with Crippen molar-refractivity contribution in [2.75, 3.05) is 0 Å². The highest BCUT2D eigenvalue weighted by atomic mass is 16.3. The van der Waals surface area contributed by atoms with E-state index >= 15 is 0 Å². The van der Waals surface area contributed by atoms with E-state index in [0.717, 1.165) is 36.8 Å². The molecule has 84 valence electrons. The van der Waals surface area contributed by atoms with Crippen LogP contribution in [0.1, 0.15) is 31.7 Å². The third kappa shape index (κ3) is 1.48. The first-order valence-corrected chi connectivity index (χ1v) is 5.67. The Morgan fingerprint density at radius 2 is 2.12 bits per heavy atom. The fourth-order valence-corrected chi connectivity index (χ4v) is 2.44. The van der Waals surface area contributed by atoms with Gasteiger partial charge in [-0.05, 0) is 12.8 Å². The Labute approximate surface area is 93.2 Å². The standard InChI is InChI=1S/C11H14N4O/c16-10-4-2-1-3-9(10)15-7-14-8-5-12-6-13-11(8)15/h5-7,9-10,16H,1-4H2/t9-,10+/m0/s1. The van der Waals surface area contributed by atoms with Crippen LogP contribution in [0.3, 0.4) is 0 Å². The normalized spacial score (nSPS) is 26.1. The van der Waals surface area contributed by atoms with Crippen LogP contribution in [-0.4, -0.2) is 30.7 Å². The van der Waals surface area contributed by atoms with E-state index < -0.39 is 0 Å². The van der Waals surface area contributed by atoms with Gasteiger partial charge in [-0.1, -0.05) is 12.8 Å². The third-order valence-corrected chi connectivity index (χ3v) is 3.29. The van der Waals surface area contributed by atoms with Gasteiger partial charge in [0.15, 0.2) is 5.65 Å². The van der Waals surface area contributed by atoms with Crippen molar-refractivity contribution in [3.63, 3.8) is 0 Å². The minimum atomic E-state index is -0.277. The second kappa shape index (κ2) is 3.83. The second-order valence-electron chi connectivity index (χ2n) is 4.30. The average Bonchev–Trinajstić information content (AvgIpc) is 2.74. The first kappa shape index (κ1) is 9.72. The highest BCUT2D eigenvalue weighted by molar-refractivity contribution is 5.69. The van der Waals surface area contributed by atoms with Gasteiger partial charge < -0.3 is 9.67 Å². The molecule has 3 rings (SSSR count). The first-order chi connectivity index (χ1) is 7.86. The molecule has 2 atom stereocenters. The Morgan fingerprint density at radius 1 is 1.25 bits per heavy atom. The maximum atomic E-state index is 10.0. The van der Waals surface area contributed by atoms with Crippen LogP contribution in [0.5, 0.6) is 0 Å². The fraction of sp³-hybridized carbons (Fsp3) is 0.545. The van der Waals surface area contributed by atoms with Gasteiger partial charge in [0.05, 0.1) is 24.7 Å². The Hall–Kier alpha value is -1.49. The molecule has 0 radical (unpaired) electrons. The number of aromatic nitrogens is 4. The minimum Gasteiger partial charge on any atom is -0.391 e. The van der Waals surface area contributed by atoms with Gasteiger partial charge in [0, 0.05) is 0 Å². The summed E-state index contributed by atoms with van der Waals surface area (Å²) in [7, 11) is 0. The second-order valence-corrected chi connectivity index (χ2v) is 4.30. The van der Waals surface area contributed by atoms with Crippen molar-refractivity contribution in [2.24, 2.45) is 0 Å². The lowest BCUT2D eigenvalue weighted by atomic mass is 9.92. The van der Waals surface area contributed by atoms with Crippen LogP contribution in [0, 0.1) is 0 Å². The average molecular weight is 218 g/mol. The number of rotatable bonds is 1. The van der Waals surface area contributed by atoms with E-state index in [1.165, 1.54) is 6.33 Å². The van der Waals surface area contributed by atoms with Crippen molar-refractivity contribution in [2.45, 2.75) is 37.8 Å². The lowest BCUT2D eigenvalue weighted by Gasteiger charge is -2.28. The number of aliphatic hydroxyl groups is 1. The van der Waals surface area contributed by atoms with E-state index in [0.29, 0.717) is 0 Å². The van der Waals surface area contributed by atoms with Gasteiger partial charge in [-0.2, -0.15) is 0 Å². The smallest absolute Gasteiger partial charge is 0.163 e. The molecule has 16 heavy (non-hydrogen) atoms. The predicted molar refractivity (Wildman–Crippen MR) is 58.8 cm³/mol. The SMILES string of the molecule is O[C@@H]1CCCC[C@@H]1n1cnc2cncnc21. The summed E-state index contributed by atoms with van der Waals surface area (Å²) < 4.78 is 1.99. The van der Waals surface area contributed by atoms with Crippen molar-refractivity contribution in [1.29, 1.82) is 0 Å². The number of nitrogens with zero attached hydrogens (tertiary/aromatic N) is 4. The molecule has 0 spiro atoms. The zero-order chi connectivity index (χ0) is 11.0. The number of hydrogen-bond acceptors (Lipinski definition) is 4. The summed E-state index contributed by atoms with van der Waals surface area (Å²) in [6, 6.07) is 0.119. The summed E-state index contributed by atoms with van der Waals surface area (Å²) >= 11 is 0. The molecular weight excluding hydrogens is 204 g/mol. The zero-order valence-corrected chi connectivity index (χ0v) is 8.95. The van der Waals surface area contributed by atoms with Crippen molar-refractivity contribution < 1.29 is 5.11 Å². The molecule has 0 aliphatic heterocycles. The predicted octanol–water partition coefficient (Wildman–Crippen LogP) is 1.30. The molecule has 1 N–H and O–H groups in total. The van der Waals surface area contributed by atoms with Crippen LogP contribution in [0.15, 0.2) is 18.9 Å². The summed E-state index contributed by atoms with van der Waals surface area (Å²) in [6.45, 7) is 0. The monoisotopic (exact) mass is 218 g/mol. The molecule has 0 unspecified atom stereocenters. The Morgan fingerprint density at radius 3 is 3.00 bits per heavy atom. The van der Waals surface area contributed by atoms with Crippen LogP contribution >= 0.6 is 0 Å². The molecule has 1 fully saturated rings. The van der Waals surface area contributed by atoms with Crippen molar-refractivity contribution in [1.82, 2.24) is 19.5 Å². The molecule has 2 aromatic rings. The molecule has 2 heterocycles. The van der Waals surface area contributed by atoms with E-state index in [2.05, 4.69) is 15.0 Å². The van der Waals surface area contributed by atoms with E-state index in [1.54, 1.807) is 12.5 Å². The molecule has 0 bridgehead atoms. The molecule has 5 nitrogen and oxygen atoms in total. The van der Waals surface area contributed by atoms with Crippen LogP contribution in [0.25, 0.3) is 11.2 Å². The molecule has 0 amide bonds. The molecule has 0 saturated heterocycles. The molecule has 0 aromatic carbocycles. The van der Waals surface area contributed by atoms with Crippen LogP contribution in [0.2, 0.25) is 0 Å². The summed E-state index contributed by atoms with van der Waals surface area (Å²) in [4.78, 5) is 12.4. The number of fused-ring (bicyclic) bond motifs is 1. The number of imidazole rings is 1. The lowest BCUT2D eigenvalue weighted by molar-refractivity contribution is 0.0770. The number of aliphatic hydroxyl groups excluding tert-OH is 1. The minimum absolute atomic E-state index is 0.119. The summed E-state index contributed by atoms with van der Waals surface area (Å²) in [5, 5.41) is 10.0. The van der Waals surface area contributed by atoms with Crippen molar-refractivity contribution >= 4 is 11.2 Å². The van der Waals surface area contributed by atoms with E-state index in [-0.39, 0.29) is 12.1 Å². The molecule has 1 saturated carbocycles. The fourth-order valence-electron chi connectivity index (χ4n) is 2.44. The van der Waals surface area contributed by atoms with Crippen molar-refractivity contribution in [3.8, 4) is 0 Å².